The molecule has 0 radical (unpaired) electrons. The largest absolute Gasteiger partial charge is 0.493 e. The summed E-state index contributed by atoms with van der Waals surface area (Å²) in [6.07, 6.45) is 1.47. The van der Waals surface area contributed by atoms with Crippen molar-refractivity contribution < 1.29 is 23.7 Å². The first kappa shape index (κ1) is 21.4. The smallest absolute Gasteiger partial charge is 0.277 e. The lowest BCUT2D eigenvalue weighted by atomic mass is 10.1. The van der Waals surface area contributed by atoms with Gasteiger partial charge in [-0.2, -0.15) is 5.10 Å². The molecule has 1 N–H and O–H groups in total. The highest BCUT2D eigenvalue weighted by molar-refractivity contribution is 6.32. The molecule has 0 spiro atoms. The van der Waals surface area contributed by atoms with Gasteiger partial charge >= 0.3 is 0 Å². The van der Waals surface area contributed by atoms with Gasteiger partial charge in [-0.3, -0.25) is 4.79 Å². The molecule has 0 aliphatic heterocycles. The maximum absolute atomic E-state index is 11.9. The third-order valence-corrected chi connectivity index (χ3v) is 4.47. The monoisotopic (exact) mass is 406 g/mol. The van der Waals surface area contributed by atoms with Crippen LogP contribution in [-0.2, 0) is 4.79 Å². The molecule has 0 aliphatic carbocycles. The number of rotatable bonds is 8. The van der Waals surface area contributed by atoms with Crippen molar-refractivity contribution in [2.24, 2.45) is 5.10 Å². The van der Waals surface area contributed by atoms with Gasteiger partial charge < -0.3 is 18.9 Å². The van der Waals surface area contributed by atoms with Crippen LogP contribution in [0.15, 0.2) is 29.4 Å². The van der Waals surface area contributed by atoms with Crippen LogP contribution in [0.4, 0.5) is 0 Å². The summed E-state index contributed by atoms with van der Waals surface area (Å²) in [5, 5.41) is 4.62. The molecule has 0 aliphatic rings. The quantitative estimate of drug-likeness (QED) is 0.536. The third-order valence-electron chi connectivity index (χ3n) is 3.87. The van der Waals surface area contributed by atoms with E-state index in [0.29, 0.717) is 33.6 Å². The molecule has 2 rings (SSSR count). The van der Waals surface area contributed by atoms with Gasteiger partial charge in [0.25, 0.3) is 5.91 Å². The molecule has 1 amide bonds. The lowest BCUT2D eigenvalue weighted by Crippen LogP contribution is -2.24. The average molecular weight is 407 g/mol. The molecule has 2 aromatic carbocycles. The summed E-state index contributed by atoms with van der Waals surface area (Å²) < 4.78 is 21.3. The molecule has 0 bridgehead atoms. The van der Waals surface area contributed by atoms with E-state index in [9.17, 15) is 4.79 Å². The number of benzene rings is 2. The first-order valence-electron chi connectivity index (χ1n) is 8.41. The standard InChI is InChI=1S/C20H23ClN2O5/c1-12-6-15(7-13(2)19(12)21)28-11-18(24)23-22-10-14-8-16(25-3)20(27-5)17(9-14)26-4/h6-10H,11H2,1-5H3,(H,23,24)/b22-10-. The SMILES string of the molecule is COc1cc(/C=N\NC(=O)COc2cc(C)c(Cl)c(C)c2)cc(OC)c1OC. The van der Waals surface area contributed by atoms with Crippen LogP contribution in [0.3, 0.4) is 0 Å². The number of aryl methyl sites for hydroxylation is 2. The number of nitrogens with zero attached hydrogens (tertiary/aromatic N) is 1. The maximum atomic E-state index is 11.9. The number of ether oxygens (including phenoxy) is 4. The zero-order valence-electron chi connectivity index (χ0n) is 16.5. The number of methoxy groups -OCH3 is 3. The van der Waals surface area contributed by atoms with Crippen LogP contribution in [0.1, 0.15) is 16.7 Å². The van der Waals surface area contributed by atoms with Crippen molar-refractivity contribution in [2.45, 2.75) is 13.8 Å². The number of hydrogen-bond donors (Lipinski definition) is 1. The number of carbonyl (C=O) groups excluding carboxylic acids is 1. The summed E-state index contributed by atoms with van der Waals surface area (Å²) in [7, 11) is 4.58. The molecule has 28 heavy (non-hydrogen) atoms. The molecule has 7 nitrogen and oxygen atoms in total. The molecule has 0 saturated heterocycles. The van der Waals surface area contributed by atoms with Gasteiger partial charge in [0.1, 0.15) is 5.75 Å². The summed E-state index contributed by atoms with van der Waals surface area (Å²) >= 11 is 6.12. The van der Waals surface area contributed by atoms with Gasteiger partial charge in [-0.25, -0.2) is 5.43 Å². The average Bonchev–Trinajstić information content (AvgIpc) is 2.69. The predicted octanol–water partition coefficient (Wildman–Crippen LogP) is 3.51. The summed E-state index contributed by atoms with van der Waals surface area (Å²) in [6, 6.07) is 6.99. The fourth-order valence-electron chi connectivity index (χ4n) is 2.53. The molecule has 0 heterocycles. The van der Waals surface area contributed by atoms with E-state index in [0.717, 1.165) is 11.1 Å². The number of carbonyl (C=O) groups is 1. The Morgan fingerprint density at radius 3 is 2.11 bits per heavy atom. The zero-order chi connectivity index (χ0) is 20.7. The van der Waals surface area contributed by atoms with Gasteiger partial charge in [-0.05, 0) is 49.2 Å². The predicted molar refractivity (Wildman–Crippen MR) is 108 cm³/mol. The van der Waals surface area contributed by atoms with Crippen molar-refractivity contribution in [1.29, 1.82) is 0 Å². The fraction of sp³-hybridized carbons (Fsp3) is 0.300. The Balaban J connectivity index is 1.98. The highest BCUT2D eigenvalue weighted by Crippen LogP contribution is 2.37. The molecule has 2 aromatic rings. The van der Waals surface area contributed by atoms with E-state index in [1.807, 2.05) is 13.8 Å². The Hall–Kier alpha value is -2.93. The maximum Gasteiger partial charge on any atom is 0.277 e. The minimum Gasteiger partial charge on any atom is -0.493 e. The third kappa shape index (κ3) is 5.29. The van der Waals surface area contributed by atoms with Crippen molar-refractivity contribution in [3.8, 4) is 23.0 Å². The Bertz CT molecular complexity index is 835. The molecule has 0 unspecified atom stereocenters. The van der Waals surface area contributed by atoms with Crippen molar-refractivity contribution in [3.63, 3.8) is 0 Å². The topological polar surface area (TPSA) is 78.4 Å². The van der Waals surface area contributed by atoms with Crippen LogP contribution >= 0.6 is 11.6 Å². The minimum atomic E-state index is -0.394. The summed E-state index contributed by atoms with van der Waals surface area (Å²) in [5.41, 5.74) is 4.85. The van der Waals surface area contributed by atoms with Gasteiger partial charge in [-0.15, -0.1) is 0 Å². The van der Waals surface area contributed by atoms with E-state index in [1.54, 1.807) is 24.3 Å². The van der Waals surface area contributed by atoms with Gasteiger partial charge in [0, 0.05) is 10.6 Å². The first-order chi connectivity index (χ1) is 13.4. The van der Waals surface area contributed by atoms with E-state index in [2.05, 4.69) is 10.5 Å². The number of nitrogens with one attached hydrogen (secondary N) is 1. The van der Waals surface area contributed by atoms with Crippen LogP contribution in [0, 0.1) is 13.8 Å². The first-order valence-corrected chi connectivity index (χ1v) is 8.78. The summed E-state index contributed by atoms with van der Waals surface area (Å²) in [4.78, 5) is 11.9. The molecule has 0 fully saturated rings. The Kier molecular flexibility index (Phi) is 7.52. The van der Waals surface area contributed by atoms with Crippen LogP contribution in [0.5, 0.6) is 23.0 Å². The van der Waals surface area contributed by atoms with Crippen molar-refractivity contribution >= 4 is 23.7 Å². The van der Waals surface area contributed by atoms with Gasteiger partial charge in [0.15, 0.2) is 18.1 Å². The highest BCUT2D eigenvalue weighted by atomic mass is 35.5. The molecule has 0 aromatic heterocycles. The van der Waals surface area contributed by atoms with Gasteiger partial charge in [-0.1, -0.05) is 11.6 Å². The Morgan fingerprint density at radius 1 is 1.04 bits per heavy atom. The lowest BCUT2D eigenvalue weighted by molar-refractivity contribution is -0.123. The van der Waals surface area contributed by atoms with Crippen molar-refractivity contribution in [3.05, 3.63) is 46.0 Å². The van der Waals surface area contributed by atoms with Crippen LogP contribution in [0.25, 0.3) is 0 Å². The molecular formula is C20H23ClN2O5. The Labute approximate surface area is 169 Å². The molecule has 0 atom stereocenters. The second-order valence-corrected chi connectivity index (χ2v) is 6.29. The number of hydrazone groups is 1. The fourth-order valence-corrected chi connectivity index (χ4v) is 2.63. The number of hydrogen-bond acceptors (Lipinski definition) is 6. The zero-order valence-corrected chi connectivity index (χ0v) is 17.2. The van der Waals surface area contributed by atoms with E-state index in [4.69, 9.17) is 30.5 Å². The van der Waals surface area contributed by atoms with E-state index < -0.39 is 5.91 Å². The summed E-state index contributed by atoms with van der Waals surface area (Å²) in [5.74, 6) is 1.64. The minimum absolute atomic E-state index is 0.174. The van der Waals surface area contributed by atoms with Crippen LogP contribution in [0.2, 0.25) is 5.02 Å². The number of halogens is 1. The molecule has 8 heteroatoms. The van der Waals surface area contributed by atoms with E-state index >= 15 is 0 Å². The van der Waals surface area contributed by atoms with Crippen LogP contribution < -0.4 is 24.4 Å². The highest BCUT2D eigenvalue weighted by Gasteiger charge is 2.12. The van der Waals surface area contributed by atoms with Gasteiger partial charge in [0.2, 0.25) is 5.75 Å². The Morgan fingerprint density at radius 2 is 1.61 bits per heavy atom. The lowest BCUT2D eigenvalue weighted by Gasteiger charge is -2.12. The van der Waals surface area contributed by atoms with Gasteiger partial charge in [0.05, 0.1) is 27.5 Å². The van der Waals surface area contributed by atoms with E-state index in [-0.39, 0.29) is 6.61 Å². The molecule has 150 valence electrons. The van der Waals surface area contributed by atoms with Crippen molar-refractivity contribution in [1.82, 2.24) is 5.43 Å². The molecule has 0 saturated carbocycles. The van der Waals surface area contributed by atoms with E-state index in [1.165, 1.54) is 27.5 Å². The second-order valence-electron chi connectivity index (χ2n) is 5.91. The molecular weight excluding hydrogens is 384 g/mol. The van der Waals surface area contributed by atoms with Crippen molar-refractivity contribution in [2.75, 3.05) is 27.9 Å². The van der Waals surface area contributed by atoms with Crippen LogP contribution in [-0.4, -0.2) is 40.1 Å². The second kappa shape index (κ2) is 9.85. The number of amides is 1. The summed E-state index contributed by atoms with van der Waals surface area (Å²) in [6.45, 7) is 3.58. The normalized spacial score (nSPS) is 10.6.